The van der Waals surface area contributed by atoms with Crippen LogP contribution in [0.4, 0.5) is 0 Å². The monoisotopic (exact) mass is 324 g/mol. The average molecular weight is 324 g/mol. The summed E-state index contributed by atoms with van der Waals surface area (Å²) < 4.78 is 1.78. The molecule has 126 valence electrons. The van der Waals surface area contributed by atoms with Crippen LogP contribution in [0, 0.1) is 11.8 Å². The summed E-state index contributed by atoms with van der Waals surface area (Å²) in [6, 6.07) is 7.92. The number of carbonyl (C=O) groups excluding carboxylic acids is 1. The molecule has 2 aliphatic rings. The van der Waals surface area contributed by atoms with E-state index in [1.807, 2.05) is 24.3 Å². The molecule has 0 bridgehead atoms. The fraction of sp³-hybridized carbons (Fsp3) is 0.526. The van der Waals surface area contributed by atoms with Gasteiger partial charge in [0, 0.05) is 18.7 Å². The van der Waals surface area contributed by atoms with E-state index in [2.05, 4.69) is 15.0 Å². The van der Waals surface area contributed by atoms with E-state index in [0.29, 0.717) is 6.54 Å². The molecular formula is C19H24N4O. The van der Waals surface area contributed by atoms with Crippen LogP contribution >= 0.6 is 0 Å². The number of amides is 1. The third-order valence-electron chi connectivity index (χ3n) is 5.59. The lowest BCUT2D eigenvalue weighted by atomic mass is 9.75. The number of hydrogen-bond donors (Lipinski definition) is 0. The Balaban J connectivity index is 1.40. The number of hydrogen-bond acceptors (Lipinski definition) is 3. The van der Waals surface area contributed by atoms with E-state index in [4.69, 9.17) is 0 Å². The summed E-state index contributed by atoms with van der Waals surface area (Å²) in [6.07, 6.45) is 9.79. The topological polar surface area (TPSA) is 51.0 Å². The van der Waals surface area contributed by atoms with Gasteiger partial charge in [0.1, 0.15) is 12.7 Å². The predicted molar refractivity (Wildman–Crippen MR) is 91.5 cm³/mol. The highest BCUT2D eigenvalue weighted by Crippen LogP contribution is 2.36. The molecule has 2 unspecified atom stereocenters. The van der Waals surface area contributed by atoms with Gasteiger partial charge in [0.15, 0.2) is 0 Å². The third kappa shape index (κ3) is 3.21. The Morgan fingerprint density at radius 2 is 1.88 bits per heavy atom. The second-order valence-electron chi connectivity index (χ2n) is 7.13. The fourth-order valence-corrected chi connectivity index (χ4v) is 4.22. The molecule has 0 radical (unpaired) electrons. The molecule has 2 fully saturated rings. The highest BCUT2D eigenvalue weighted by molar-refractivity contribution is 5.94. The first-order valence-electron chi connectivity index (χ1n) is 9.00. The van der Waals surface area contributed by atoms with Crippen molar-refractivity contribution in [2.24, 2.45) is 11.8 Å². The van der Waals surface area contributed by atoms with Crippen molar-refractivity contribution in [3.05, 3.63) is 48.0 Å². The Morgan fingerprint density at radius 1 is 1.08 bits per heavy atom. The number of nitrogens with zero attached hydrogens (tertiary/aromatic N) is 4. The smallest absolute Gasteiger partial charge is 0.253 e. The standard InChI is InChI=1S/C19H24N4O/c24-19(22-10-9-16-3-1-2-4-18(16)12-22)17-7-5-15(6-8-17)11-23-14-20-13-21-23/h5-8,13-14,16,18H,1-4,9-12H2. The lowest BCUT2D eigenvalue weighted by Gasteiger charge is -2.41. The lowest BCUT2D eigenvalue weighted by molar-refractivity contribution is 0.0521. The zero-order valence-electron chi connectivity index (χ0n) is 14.0. The first-order chi connectivity index (χ1) is 11.8. The van der Waals surface area contributed by atoms with Crippen molar-refractivity contribution >= 4 is 5.91 Å². The van der Waals surface area contributed by atoms with Gasteiger partial charge in [0.25, 0.3) is 5.91 Å². The maximum absolute atomic E-state index is 12.8. The first-order valence-corrected chi connectivity index (χ1v) is 9.00. The number of likely N-dealkylation sites (tertiary alicyclic amines) is 1. The van der Waals surface area contributed by atoms with Crippen molar-refractivity contribution in [1.82, 2.24) is 19.7 Å². The molecule has 1 aliphatic carbocycles. The number of benzene rings is 1. The molecule has 1 aromatic carbocycles. The molecule has 1 saturated heterocycles. The van der Waals surface area contributed by atoms with Crippen molar-refractivity contribution in [3.63, 3.8) is 0 Å². The zero-order valence-corrected chi connectivity index (χ0v) is 14.0. The van der Waals surface area contributed by atoms with E-state index in [-0.39, 0.29) is 5.91 Å². The summed E-state index contributed by atoms with van der Waals surface area (Å²) in [5, 5.41) is 4.11. The van der Waals surface area contributed by atoms with Crippen molar-refractivity contribution in [2.45, 2.75) is 38.6 Å². The molecule has 2 atom stereocenters. The van der Waals surface area contributed by atoms with Crippen LogP contribution in [0.3, 0.4) is 0 Å². The molecule has 5 nitrogen and oxygen atoms in total. The van der Waals surface area contributed by atoms with Crippen molar-refractivity contribution < 1.29 is 4.79 Å². The molecule has 2 aromatic rings. The molecule has 24 heavy (non-hydrogen) atoms. The SMILES string of the molecule is O=C(c1ccc(Cn2cncn2)cc1)N1CCC2CCCCC2C1. The number of aromatic nitrogens is 3. The van der Waals surface area contributed by atoms with Crippen LogP contribution in [0.2, 0.25) is 0 Å². The number of fused-ring (bicyclic) bond motifs is 1. The van der Waals surface area contributed by atoms with Gasteiger partial charge in [-0.2, -0.15) is 5.10 Å². The van der Waals surface area contributed by atoms with Crippen LogP contribution in [0.5, 0.6) is 0 Å². The second-order valence-corrected chi connectivity index (χ2v) is 7.13. The van der Waals surface area contributed by atoms with Crippen LogP contribution in [0.1, 0.15) is 48.0 Å². The highest BCUT2D eigenvalue weighted by Gasteiger charge is 2.33. The van der Waals surface area contributed by atoms with Gasteiger partial charge in [-0.15, -0.1) is 0 Å². The third-order valence-corrected chi connectivity index (χ3v) is 5.59. The Kier molecular flexibility index (Phi) is 4.32. The van der Waals surface area contributed by atoms with Crippen molar-refractivity contribution in [2.75, 3.05) is 13.1 Å². The first kappa shape index (κ1) is 15.4. The van der Waals surface area contributed by atoms with Crippen LogP contribution in [-0.4, -0.2) is 38.7 Å². The summed E-state index contributed by atoms with van der Waals surface area (Å²) in [5.74, 6) is 1.77. The fourth-order valence-electron chi connectivity index (χ4n) is 4.22. The summed E-state index contributed by atoms with van der Waals surface area (Å²) in [5.41, 5.74) is 1.93. The van der Waals surface area contributed by atoms with E-state index in [0.717, 1.165) is 36.1 Å². The molecule has 1 amide bonds. The maximum Gasteiger partial charge on any atom is 0.253 e. The predicted octanol–water partition coefficient (Wildman–Crippen LogP) is 2.98. The zero-order chi connectivity index (χ0) is 16.4. The number of piperidine rings is 1. The number of carbonyl (C=O) groups is 1. The molecule has 0 N–H and O–H groups in total. The van der Waals surface area contributed by atoms with Gasteiger partial charge in [-0.3, -0.25) is 4.79 Å². The molecule has 2 heterocycles. The number of rotatable bonds is 3. The average Bonchev–Trinajstić information content (AvgIpc) is 3.14. The summed E-state index contributed by atoms with van der Waals surface area (Å²) in [6.45, 7) is 2.55. The van der Waals surface area contributed by atoms with E-state index in [1.54, 1.807) is 11.0 Å². The minimum Gasteiger partial charge on any atom is -0.338 e. The van der Waals surface area contributed by atoms with Crippen LogP contribution in [-0.2, 0) is 6.54 Å². The van der Waals surface area contributed by atoms with Crippen LogP contribution < -0.4 is 0 Å². The van der Waals surface area contributed by atoms with Gasteiger partial charge in [-0.1, -0.05) is 31.4 Å². The molecule has 1 aromatic heterocycles. The molecule has 1 saturated carbocycles. The quantitative estimate of drug-likeness (QED) is 0.872. The van der Waals surface area contributed by atoms with Crippen LogP contribution in [0.25, 0.3) is 0 Å². The molecular weight excluding hydrogens is 300 g/mol. The summed E-state index contributed by atoms with van der Waals surface area (Å²) in [7, 11) is 0. The second kappa shape index (κ2) is 6.75. The van der Waals surface area contributed by atoms with Crippen molar-refractivity contribution in [3.8, 4) is 0 Å². The van der Waals surface area contributed by atoms with Gasteiger partial charge in [-0.25, -0.2) is 9.67 Å². The van der Waals surface area contributed by atoms with E-state index < -0.39 is 0 Å². The lowest BCUT2D eigenvalue weighted by Crippen LogP contribution is -2.44. The Labute approximate surface area is 142 Å². The van der Waals surface area contributed by atoms with Gasteiger partial charge in [0.2, 0.25) is 0 Å². The summed E-state index contributed by atoms with van der Waals surface area (Å²) in [4.78, 5) is 18.8. The highest BCUT2D eigenvalue weighted by atomic mass is 16.2. The largest absolute Gasteiger partial charge is 0.338 e. The van der Waals surface area contributed by atoms with Crippen molar-refractivity contribution in [1.29, 1.82) is 0 Å². The Bertz CT molecular complexity index is 680. The minimum atomic E-state index is 0.186. The molecule has 1 aliphatic heterocycles. The van der Waals surface area contributed by atoms with Gasteiger partial charge < -0.3 is 4.90 Å². The Morgan fingerprint density at radius 3 is 2.62 bits per heavy atom. The minimum absolute atomic E-state index is 0.186. The maximum atomic E-state index is 12.8. The van der Waals surface area contributed by atoms with E-state index in [1.165, 1.54) is 38.4 Å². The molecule has 5 heteroatoms. The van der Waals surface area contributed by atoms with E-state index in [9.17, 15) is 4.79 Å². The van der Waals surface area contributed by atoms with E-state index >= 15 is 0 Å². The van der Waals surface area contributed by atoms with Crippen LogP contribution in [0.15, 0.2) is 36.9 Å². The normalized spacial score (nSPS) is 23.8. The molecule has 0 spiro atoms. The van der Waals surface area contributed by atoms with Gasteiger partial charge in [-0.05, 0) is 42.4 Å². The Hall–Kier alpha value is -2.17. The summed E-state index contributed by atoms with van der Waals surface area (Å²) >= 11 is 0. The van der Waals surface area contributed by atoms with Gasteiger partial charge in [0.05, 0.1) is 6.54 Å². The van der Waals surface area contributed by atoms with Gasteiger partial charge >= 0.3 is 0 Å². The molecule has 4 rings (SSSR count).